The molecule has 0 aromatic heterocycles. The van der Waals surface area contributed by atoms with E-state index in [0.717, 1.165) is 180 Å². The van der Waals surface area contributed by atoms with Gasteiger partial charge in [0.25, 0.3) is 0 Å². The first-order valence-corrected chi connectivity index (χ1v) is 39.1. The molecule has 0 amide bonds. The second-order valence-corrected chi connectivity index (χ2v) is 26.1. The van der Waals surface area contributed by atoms with E-state index in [1.165, 1.54) is 0 Å². The van der Waals surface area contributed by atoms with Crippen molar-refractivity contribution >= 4 is 33.6 Å². The van der Waals surface area contributed by atoms with Crippen molar-refractivity contribution in [1.29, 1.82) is 0 Å². The molecule has 0 rings (SSSR count). The molecule has 16 nitrogen and oxygen atoms in total. The first-order chi connectivity index (χ1) is 47.2. The molecule has 18 heteroatoms. The smallest absolute Gasteiger partial charge is 0.463 e. The maximum Gasteiger partial charge on any atom is 0.472 e. The van der Waals surface area contributed by atoms with E-state index in [1.54, 1.807) is 0 Å². The molecule has 0 fully saturated rings. The van der Waals surface area contributed by atoms with Crippen molar-refractivity contribution in [2.75, 3.05) is 39.6 Å². The van der Waals surface area contributed by atoms with Crippen LogP contribution in [-0.2, 0) is 55.8 Å². The zero-order valence-corrected chi connectivity index (χ0v) is 61.2. The highest BCUT2D eigenvalue weighted by molar-refractivity contribution is 7.47. The summed E-state index contributed by atoms with van der Waals surface area (Å²) in [6.07, 6.45) is 89.3. The van der Waals surface area contributed by atoms with Crippen LogP contribution in [-0.4, -0.2) is 95.9 Å². The molecule has 0 spiro atoms. The number of allylic oxidation sites excluding steroid dienone is 30. The van der Waals surface area contributed by atoms with E-state index in [2.05, 4.69) is 203 Å². The lowest BCUT2D eigenvalue weighted by molar-refractivity contribution is -0.161. The Bertz CT molecular complexity index is 2490. The Morgan fingerprint density at radius 2 is 0.515 bits per heavy atom. The first-order valence-electron chi connectivity index (χ1n) is 36.1. The highest BCUT2D eigenvalue weighted by Crippen LogP contribution is 2.45. The predicted molar refractivity (Wildman–Crippen MR) is 398 cm³/mol. The summed E-state index contributed by atoms with van der Waals surface area (Å²) in [6.45, 7) is 2.20. The van der Waals surface area contributed by atoms with Gasteiger partial charge >= 0.3 is 33.6 Å². The van der Waals surface area contributed by atoms with E-state index < -0.39 is 91.5 Å². The van der Waals surface area contributed by atoms with Gasteiger partial charge < -0.3 is 34.2 Å². The van der Waals surface area contributed by atoms with Crippen LogP contribution < -0.4 is 0 Å². The van der Waals surface area contributed by atoms with Crippen LogP contribution in [0.1, 0.15) is 239 Å². The lowest BCUT2D eigenvalue weighted by atomic mass is 10.1. The highest BCUT2D eigenvalue weighted by atomic mass is 31.2. The number of hydrogen-bond donors (Lipinski definition) is 4. The number of unbranched alkanes of at least 4 members (excludes halogenated alkanes) is 13. The van der Waals surface area contributed by atoms with Crippen LogP contribution in [0.25, 0.3) is 0 Å². The van der Waals surface area contributed by atoms with Crippen LogP contribution in [0.2, 0.25) is 0 Å². The zero-order chi connectivity index (χ0) is 70.9. The highest BCUT2D eigenvalue weighted by Gasteiger charge is 2.29. The molecule has 97 heavy (non-hydrogen) atoms. The van der Waals surface area contributed by atoms with Crippen LogP contribution >= 0.6 is 15.6 Å². The van der Waals surface area contributed by atoms with Gasteiger partial charge in [0, 0.05) is 19.3 Å². The quantitative estimate of drug-likeness (QED) is 0.0146. The average molecular weight is 1390 g/mol. The minimum Gasteiger partial charge on any atom is -0.463 e. The van der Waals surface area contributed by atoms with Crippen molar-refractivity contribution in [1.82, 2.24) is 0 Å². The van der Waals surface area contributed by atoms with Crippen molar-refractivity contribution < 1.29 is 75.8 Å². The fourth-order valence-corrected chi connectivity index (χ4v) is 10.3. The number of rotatable bonds is 66. The third kappa shape index (κ3) is 71.7. The monoisotopic (exact) mass is 1390 g/mol. The summed E-state index contributed by atoms with van der Waals surface area (Å²) in [7, 11) is -9.83. The minimum absolute atomic E-state index is 0.0495. The second-order valence-electron chi connectivity index (χ2n) is 23.2. The Hall–Kier alpha value is -5.35. The molecule has 0 saturated heterocycles. The third-order valence-corrected chi connectivity index (χ3v) is 16.0. The lowest BCUT2D eigenvalue weighted by Crippen LogP contribution is -2.30. The molecule has 5 atom stereocenters. The maximum absolute atomic E-state index is 13.0. The van der Waals surface area contributed by atoms with E-state index in [1.807, 2.05) is 0 Å². The number of ether oxygens (including phenoxy) is 3. The molecule has 0 bridgehead atoms. The molecule has 5 unspecified atom stereocenters. The van der Waals surface area contributed by atoms with E-state index in [4.69, 9.17) is 32.3 Å². The van der Waals surface area contributed by atoms with Gasteiger partial charge in [-0.1, -0.05) is 248 Å². The molecule has 0 radical (unpaired) electrons. The van der Waals surface area contributed by atoms with Gasteiger partial charge in [-0.2, -0.15) is 0 Å². The standard InChI is InChI=1S/C79H126O16P2/c1-4-7-10-13-16-19-22-25-28-31-34-35-36-37-40-42-44-47-50-53-56-59-62-65-77(82)89-68-74(80)69-91-96(85,86)92-70-75(81)71-93-97(87,88)94-73-76(95-79(84)67-64-61-58-55-52-49-46-43-39-33-30-27-24-21-18-15-12-9-6-3)72-90-78(83)66-63-60-57-54-51-48-45-41-38-32-29-26-23-20-17-14-11-8-5-2/h7-12,16-21,25-30,34-35,37-41,43,48-49,51-52,74-76,80-81H,4-6,13-15,22-24,31-33,36,42,44-47,50,53-73H2,1-3H3,(H,85,86)(H,87,88)/b10-7-,11-8-,12-9-,19-16-,20-17-,21-18-,28-25-,29-26-,30-27-,35-34-,40-37-,41-38-,43-39-,51-48-,52-49-. The molecule has 4 N–H and O–H groups in total. The summed E-state index contributed by atoms with van der Waals surface area (Å²) >= 11 is 0. The Morgan fingerprint density at radius 3 is 0.825 bits per heavy atom. The molecule has 548 valence electrons. The SMILES string of the molecule is CC/C=C\C/C=C\C/C=C\C/C=C\C/C=C\CCCCCCCCCC(=O)OCC(O)COP(=O)(O)OCC(O)COP(=O)(O)OCC(COC(=O)CCCCC/C=C\C/C=C\C/C=C\C/C=C\C/C=C\CC)OC(=O)CCCCC/C=C\C/C=C\C/C=C\C/C=C\C/C=C\CC. The molecule has 0 aliphatic carbocycles. The predicted octanol–water partition coefficient (Wildman–Crippen LogP) is 20.6. The van der Waals surface area contributed by atoms with Crippen LogP contribution in [0, 0.1) is 0 Å². The molecule has 0 saturated carbocycles. The molecule has 0 aromatic carbocycles. The van der Waals surface area contributed by atoms with E-state index in [9.17, 15) is 43.5 Å². The maximum atomic E-state index is 13.0. The summed E-state index contributed by atoms with van der Waals surface area (Å²) in [5.74, 6) is -1.68. The fourth-order valence-electron chi connectivity index (χ4n) is 8.71. The summed E-state index contributed by atoms with van der Waals surface area (Å²) in [4.78, 5) is 58.5. The molecular weight excluding hydrogens is 1270 g/mol. The number of phosphoric acid groups is 2. The van der Waals surface area contributed by atoms with Crippen LogP contribution in [0.5, 0.6) is 0 Å². The normalized spacial score (nSPS) is 15.2. The third-order valence-electron chi connectivity index (χ3n) is 14.1. The molecule has 0 aromatic rings. The largest absolute Gasteiger partial charge is 0.472 e. The van der Waals surface area contributed by atoms with Crippen molar-refractivity contribution in [3.8, 4) is 0 Å². The summed E-state index contributed by atoms with van der Waals surface area (Å²) < 4.78 is 61.0. The van der Waals surface area contributed by atoms with Crippen LogP contribution in [0.3, 0.4) is 0 Å². The Morgan fingerprint density at radius 1 is 0.289 bits per heavy atom. The number of hydrogen-bond acceptors (Lipinski definition) is 14. The van der Waals surface area contributed by atoms with Crippen molar-refractivity contribution in [2.24, 2.45) is 0 Å². The Labute approximate surface area is 585 Å². The van der Waals surface area contributed by atoms with E-state index in [-0.39, 0.29) is 19.3 Å². The molecule has 0 aliphatic heterocycles. The number of carbonyl (C=O) groups excluding carboxylic acids is 3. The molecular formula is C79H126O16P2. The Kier molecular flexibility index (Phi) is 66.6. The Balaban J connectivity index is 4.77. The first kappa shape index (κ1) is 91.6. The number of phosphoric ester groups is 2. The number of aliphatic hydroxyl groups excluding tert-OH is 2. The van der Waals surface area contributed by atoms with Crippen LogP contribution in [0.4, 0.5) is 0 Å². The van der Waals surface area contributed by atoms with Gasteiger partial charge in [-0.3, -0.25) is 32.5 Å². The van der Waals surface area contributed by atoms with Gasteiger partial charge in [-0.15, -0.1) is 0 Å². The van der Waals surface area contributed by atoms with Crippen molar-refractivity contribution in [2.45, 2.75) is 257 Å². The van der Waals surface area contributed by atoms with Gasteiger partial charge in [-0.05, 0) is 154 Å². The topological polar surface area (TPSA) is 231 Å². The van der Waals surface area contributed by atoms with E-state index in [0.29, 0.717) is 19.3 Å². The number of carbonyl (C=O) groups is 3. The van der Waals surface area contributed by atoms with Crippen molar-refractivity contribution in [3.63, 3.8) is 0 Å². The second kappa shape index (κ2) is 70.5. The summed E-state index contributed by atoms with van der Waals surface area (Å²) in [5.41, 5.74) is 0. The zero-order valence-electron chi connectivity index (χ0n) is 59.4. The van der Waals surface area contributed by atoms with Gasteiger partial charge in [-0.25, -0.2) is 9.13 Å². The van der Waals surface area contributed by atoms with Gasteiger partial charge in [0.2, 0.25) is 0 Å². The molecule has 0 heterocycles. The van der Waals surface area contributed by atoms with Gasteiger partial charge in [0.15, 0.2) is 6.10 Å². The van der Waals surface area contributed by atoms with E-state index >= 15 is 0 Å². The lowest BCUT2D eigenvalue weighted by Gasteiger charge is -2.21. The van der Waals surface area contributed by atoms with Crippen LogP contribution in [0.15, 0.2) is 182 Å². The average Bonchev–Trinajstić information content (AvgIpc) is 1.81. The summed E-state index contributed by atoms with van der Waals surface area (Å²) in [5, 5.41) is 20.6. The van der Waals surface area contributed by atoms with Gasteiger partial charge in [0.05, 0.1) is 26.4 Å². The summed E-state index contributed by atoms with van der Waals surface area (Å²) in [6, 6.07) is 0. The number of esters is 3. The molecule has 0 aliphatic rings. The van der Waals surface area contributed by atoms with Gasteiger partial charge in [0.1, 0.15) is 25.4 Å². The van der Waals surface area contributed by atoms with Crippen molar-refractivity contribution in [3.05, 3.63) is 182 Å². The fraction of sp³-hybridized carbons (Fsp3) is 0.582. The minimum atomic E-state index is -4.96. The number of aliphatic hydroxyl groups is 2.